The molecule has 3 heterocycles. The fraction of sp³-hybridized carbons (Fsp3) is 0.618. The van der Waals surface area contributed by atoms with Crippen LogP contribution in [0, 0.1) is 11.3 Å². The maximum Gasteiger partial charge on any atom is 0.354 e. The third kappa shape index (κ3) is 17.0. The molecule has 1 fully saturated rings. The molecule has 48 heavy (non-hydrogen) atoms. The number of unbranched alkanes of at least 4 members (excludes halogenated alkanes) is 1. The second-order valence-corrected chi connectivity index (χ2v) is 10.8. The average Bonchev–Trinajstić information content (AvgIpc) is 3.08. The molecule has 0 amide bonds. The molecule has 1 atom stereocenters. The van der Waals surface area contributed by atoms with Crippen molar-refractivity contribution in [2.45, 2.75) is 45.7 Å². The Morgan fingerprint density at radius 2 is 1.35 bits per heavy atom. The first-order valence-corrected chi connectivity index (χ1v) is 16.5. The van der Waals surface area contributed by atoms with Crippen molar-refractivity contribution in [2.75, 3.05) is 92.2 Å². The number of nitrogens with zero attached hydrogens (tertiary/aromatic N) is 5. The van der Waals surface area contributed by atoms with Gasteiger partial charge in [-0.2, -0.15) is 5.26 Å². The lowest BCUT2D eigenvalue weighted by atomic mass is 10.1. The Morgan fingerprint density at radius 1 is 0.812 bits per heavy atom. The minimum atomic E-state index is -1.08. The lowest BCUT2D eigenvalue weighted by Crippen LogP contribution is -2.38. The first kappa shape index (κ1) is 40.6. The smallest absolute Gasteiger partial charge is 0.354 e. The maximum absolute atomic E-state index is 11.6. The number of aromatic carboxylic acids is 2. The van der Waals surface area contributed by atoms with Crippen LogP contribution in [-0.4, -0.2) is 134 Å². The molecule has 0 saturated carbocycles. The van der Waals surface area contributed by atoms with E-state index in [1.165, 1.54) is 12.1 Å². The molecule has 0 bridgehead atoms. The number of ether oxygens (including phenoxy) is 5. The third-order valence-corrected chi connectivity index (χ3v) is 7.06. The van der Waals surface area contributed by atoms with Gasteiger partial charge in [-0.05, 0) is 37.1 Å². The van der Waals surface area contributed by atoms with Crippen LogP contribution in [0.3, 0.4) is 0 Å². The number of hydrogen-bond acceptors (Lipinski definition) is 12. The number of nitriles is 1. The van der Waals surface area contributed by atoms with Crippen molar-refractivity contribution in [1.82, 2.24) is 19.8 Å². The van der Waals surface area contributed by atoms with Crippen molar-refractivity contribution < 1.29 is 43.5 Å². The van der Waals surface area contributed by atoms with Gasteiger partial charge in [0.2, 0.25) is 0 Å². The summed E-state index contributed by atoms with van der Waals surface area (Å²) in [4.78, 5) is 35.8. The van der Waals surface area contributed by atoms with Gasteiger partial charge in [0.15, 0.2) is 0 Å². The van der Waals surface area contributed by atoms with Crippen LogP contribution in [-0.2, 0) is 30.2 Å². The number of carboxylic acid groups (broad SMARTS) is 2. The van der Waals surface area contributed by atoms with Crippen molar-refractivity contribution >= 4 is 11.9 Å². The molecule has 0 spiro atoms. The van der Waals surface area contributed by atoms with Crippen LogP contribution in [0.1, 0.15) is 71.5 Å². The molecule has 1 saturated heterocycles. The summed E-state index contributed by atoms with van der Waals surface area (Å²) in [6.07, 6.45) is 2.55. The summed E-state index contributed by atoms with van der Waals surface area (Å²) in [5.74, 6) is -2.13. The highest BCUT2D eigenvalue weighted by Gasteiger charge is 2.23. The predicted octanol–water partition coefficient (Wildman–Crippen LogP) is 3.53. The fourth-order valence-corrected chi connectivity index (χ4v) is 4.59. The monoisotopic (exact) mass is 673 g/mol. The molecule has 14 heteroatoms. The van der Waals surface area contributed by atoms with Gasteiger partial charge in [0, 0.05) is 45.8 Å². The maximum atomic E-state index is 11.6. The van der Waals surface area contributed by atoms with Crippen molar-refractivity contribution in [3.8, 4) is 6.07 Å². The van der Waals surface area contributed by atoms with Gasteiger partial charge in [0.05, 0.1) is 83.0 Å². The zero-order valence-corrected chi connectivity index (χ0v) is 28.3. The summed E-state index contributed by atoms with van der Waals surface area (Å²) in [5.41, 5.74) is 1.30. The minimum absolute atomic E-state index is 0.00946. The summed E-state index contributed by atoms with van der Waals surface area (Å²) in [6, 6.07) is 11.7. The topological polar surface area (TPSA) is 177 Å². The van der Waals surface area contributed by atoms with Crippen LogP contribution in [0.25, 0.3) is 0 Å². The Hall–Kier alpha value is -3.55. The number of rotatable bonds is 11. The van der Waals surface area contributed by atoms with Crippen LogP contribution in [0.15, 0.2) is 36.4 Å². The number of carbonyl (C=O) groups is 2. The van der Waals surface area contributed by atoms with Crippen molar-refractivity contribution in [2.24, 2.45) is 0 Å². The largest absolute Gasteiger partial charge is 0.477 e. The molecule has 1 aliphatic heterocycles. The Balaban J connectivity index is 0.00000149. The van der Waals surface area contributed by atoms with Gasteiger partial charge in [-0.15, -0.1) is 0 Å². The van der Waals surface area contributed by atoms with E-state index in [2.05, 4.69) is 19.8 Å². The second kappa shape index (κ2) is 25.5. The summed E-state index contributed by atoms with van der Waals surface area (Å²) in [6.45, 7) is 11.3. The SMILES string of the molecule is CCCC#N.CCCOCC(c1cccc(C(=O)O)n1)N1CCOCCOCCN(Cc2cccc(C(=O)O)n2)CCOCCOCC1. The molecule has 266 valence electrons. The van der Waals surface area contributed by atoms with E-state index in [1.54, 1.807) is 12.1 Å². The molecule has 0 aromatic carbocycles. The number of hydrogen-bond donors (Lipinski definition) is 2. The first-order chi connectivity index (χ1) is 23.4. The Labute approximate surface area is 283 Å². The van der Waals surface area contributed by atoms with Crippen molar-refractivity contribution in [3.05, 3.63) is 59.2 Å². The molecule has 0 aliphatic carbocycles. The highest BCUT2D eigenvalue weighted by Crippen LogP contribution is 2.20. The van der Waals surface area contributed by atoms with Gasteiger partial charge in [-0.3, -0.25) is 9.80 Å². The van der Waals surface area contributed by atoms with Gasteiger partial charge in [0.25, 0.3) is 0 Å². The molecule has 1 unspecified atom stereocenters. The highest BCUT2D eigenvalue weighted by molar-refractivity contribution is 5.85. The molecule has 2 aromatic rings. The molecule has 14 nitrogen and oxygen atoms in total. The molecular formula is C34H51N5O9. The van der Waals surface area contributed by atoms with E-state index in [9.17, 15) is 19.8 Å². The predicted molar refractivity (Wildman–Crippen MR) is 177 cm³/mol. The summed E-state index contributed by atoms with van der Waals surface area (Å²) >= 11 is 0. The van der Waals surface area contributed by atoms with Crippen LogP contribution < -0.4 is 0 Å². The average molecular weight is 674 g/mol. The normalized spacial score (nSPS) is 17.1. The molecule has 0 radical (unpaired) electrons. The lowest BCUT2D eigenvalue weighted by Gasteiger charge is -2.31. The van der Waals surface area contributed by atoms with E-state index >= 15 is 0 Å². The molecule has 1 aliphatic rings. The van der Waals surface area contributed by atoms with E-state index < -0.39 is 11.9 Å². The Bertz CT molecular complexity index is 1210. The summed E-state index contributed by atoms with van der Waals surface area (Å²) < 4.78 is 29.3. The van der Waals surface area contributed by atoms with Crippen LogP contribution >= 0.6 is 0 Å². The van der Waals surface area contributed by atoms with E-state index in [1.807, 2.05) is 32.0 Å². The summed E-state index contributed by atoms with van der Waals surface area (Å²) in [7, 11) is 0. The number of carboxylic acids is 2. The van der Waals surface area contributed by atoms with E-state index in [-0.39, 0.29) is 17.4 Å². The highest BCUT2D eigenvalue weighted by atomic mass is 16.5. The standard InChI is InChI=1S/C30H44N4O9.C4H7N/c1-2-13-43-23-28(25-6-4-8-27(32-25)30(37)38)34-11-16-41-20-18-39-14-9-33(10-15-40-19-21-42-17-12-34)22-24-5-3-7-26(31-24)29(35)36;1-2-3-4-5/h3-8,28H,2,9-23H2,1H3,(H,35,36)(H,37,38);2-3H2,1H3. The van der Waals surface area contributed by atoms with Crippen LogP contribution in [0.2, 0.25) is 0 Å². The number of aromatic nitrogens is 2. The fourth-order valence-electron chi connectivity index (χ4n) is 4.59. The van der Waals surface area contributed by atoms with E-state index in [4.69, 9.17) is 28.9 Å². The first-order valence-electron chi connectivity index (χ1n) is 16.5. The van der Waals surface area contributed by atoms with Crippen LogP contribution in [0.5, 0.6) is 0 Å². The molecule has 2 aromatic heterocycles. The molecular weight excluding hydrogens is 622 g/mol. The zero-order valence-electron chi connectivity index (χ0n) is 28.3. The quantitative estimate of drug-likeness (QED) is 0.331. The Morgan fingerprint density at radius 3 is 1.85 bits per heavy atom. The summed E-state index contributed by atoms with van der Waals surface area (Å²) in [5, 5.41) is 26.5. The van der Waals surface area contributed by atoms with Gasteiger partial charge in [0.1, 0.15) is 11.4 Å². The zero-order chi connectivity index (χ0) is 34.8. The molecule has 3 rings (SSSR count). The van der Waals surface area contributed by atoms with E-state index in [0.29, 0.717) is 117 Å². The van der Waals surface area contributed by atoms with Gasteiger partial charge in [-0.25, -0.2) is 19.6 Å². The third-order valence-electron chi connectivity index (χ3n) is 7.06. The lowest BCUT2D eigenvalue weighted by molar-refractivity contribution is -0.00986. The minimum Gasteiger partial charge on any atom is -0.477 e. The number of pyridine rings is 2. The van der Waals surface area contributed by atoms with Crippen LogP contribution in [0.4, 0.5) is 0 Å². The van der Waals surface area contributed by atoms with Crippen molar-refractivity contribution in [3.63, 3.8) is 0 Å². The van der Waals surface area contributed by atoms with Gasteiger partial charge < -0.3 is 33.9 Å². The van der Waals surface area contributed by atoms with Gasteiger partial charge in [-0.1, -0.05) is 26.0 Å². The van der Waals surface area contributed by atoms with Crippen molar-refractivity contribution in [1.29, 1.82) is 5.26 Å². The molecule has 2 N–H and O–H groups in total. The van der Waals surface area contributed by atoms with Gasteiger partial charge >= 0.3 is 11.9 Å². The Kier molecular flexibility index (Phi) is 21.6. The van der Waals surface area contributed by atoms with E-state index in [0.717, 1.165) is 12.8 Å². The second-order valence-electron chi connectivity index (χ2n) is 10.8.